The molecule has 13 heteroatoms. The lowest BCUT2D eigenvalue weighted by Gasteiger charge is -2.32. The molecule has 1 aliphatic heterocycles. The SMILES string of the molecule is Cl.Cl.N#Cc1ccc2c(c1)CN(S(=O)(=O)CC(F)(F)F)[C@H](Cc1ccccc1)CN2Cc1cnc[nH]1. The molecule has 0 spiro atoms. The summed E-state index contributed by atoms with van der Waals surface area (Å²) >= 11 is 0. The lowest BCUT2D eigenvalue weighted by Crippen LogP contribution is -2.48. The standard InChI is InChI=1S/C23H22F3N5O2S.2ClH/c24-23(25,26)15-34(32,33)31-12-19-8-18(10-27)6-7-22(19)30(13-20-11-28-16-29-20)14-21(31)9-17-4-2-1-3-5-17;;/h1-8,11,16,21H,9,12-15H2,(H,28,29);2*1H/t21-;;/m1../s1. The Bertz CT molecular complexity index is 1280. The number of aromatic nitrogens is 2. The van der Waals surface area contributed by atoms with Gasteiger partial charge in [0.25, 0.3) is 0 Å². The first kappa shape index (κ1) is 29.5. The van der Waals surface area contributed by atoms with Gasteiger partial charge in [0, 0.05) is 31.0 Å². The number of hydrogen-bond donors (Lipinski definition) is 1. The van der Waals surface area contributed by atoms with Crippen LogP contribution in [0.25, 0.3) is 0 Å². The number of fused-ring (bicyclic) bond motifs is 1. The molecule has 0 fully saturated rings. The van der Waals surface area contributed by atoms with Crippen molar-refractivity contribution in [2.24, 2.45) is 0 Å². The van der Waals surface area contributed by atoms with E-state index in [0.29, 0.717) is 23.4 Å². The van der Waals surface area contributed by atoms with Crippen molar-refractivity contribution < 1.29 is 21.6 Å². The average Bonchev–Trinajstić information content (AvgIpc) is 3.23. The van der Waals surface area contributed by atoms with Crippen LogP contribution in [-0.4, -0.2) is 47.2 Å². The largest absolute Gasteiger partial charge is 0.404 e. The van der Waals surface area contributed by atoms with Crippen LogP contribution in [-0.2, 0) is 29.5 Å². The molecule has 0 radical (unpaired) electrons. The van der Waals surface area contributed by atoms with Gasteiger partial charge in [-0.15, -0.1) is 24.8 Å². The third-order valence-corrected chi connectivity index (χ3v) is 7.48. The number of anilines is 1. The summed E-state index contributed by atoms with van der Waals surface area (Å²) in [5.74, 6) is -1.95. The van der Waals surface area contributed by atoms with Crippen molar-refractivity contribution in [3.8, 4) is 6.07 Å². The molecule has 1 atom stereocenters. The normalized spacial score (nSPS) is 16.2. The summed E-state index contributed by atoms with van der Waals surface area (Å²) in [6, 6.07) is 15.2. The molecule has 0 saturated carbocycles. The van der Waals surface area contributed by atoms with E-state index < -0.39 is 28.0 Å². The smallest absolute Gasteiger partial charge is 0.364 e. The molecule has 1 N–H and O–H groups in total. The van der Waals surface area contributed by atoms with Crippen molar-refractivity contribution in [1.29, 1.82) is 5.26 Å². The lowest BCUT2D eigenvalue weighted by atomic mass is 10.1. The zero-order chi connectivity index (χ0) is 24.3. The number of benzene rings is 2. The highest BCUT2D eigenvalue weighted by molar-refractivity contribution is 7.89. The van der Waals surface area contributed by atoms with Crippen molar-refractivity contribution in [1.82, 2.24) is 14.3 Å². The summed E-state index contributed by atoms with van der Waals surface area (Å²) in [4.78, 5) is 8.95. The zero-order valence-electron chi connectivity index (χ0n) is 18.9. The first-order chi connectivity index (χ1) is 16.1. The van der Waals surface area contributed by atoms with Crippen LogP contribution in [0.1, 0.15) is 22.4 Å². The Morgan fingerprint density at radius 1 is 1.14 bits per heavy atom. The quantitative estimate of drug-likeness (QED) is 0.480. The van der Waals surface area contributed by atoms with Crippen LogP contribution in [0.3, 0.4) is 0 Å². The monoisotopic (exact) mass is 561 g/mol. The Morgan fingerprint density at radius 2 is 1.86 bits per heavy atom. The molecule has 0 bridgehead atoms. The number of sulfonamides is 1. The highest BCUT2D eigenvalue weighted by Gasteiger charge is 2.42. The lowest BCUT2D eigenvalue weighted by molar-refractivity contribution is -0.107. The van der Waals surface area contributed by atoms with Gasteiger partial charge in [0.15, 0.2) is 5.75 Å². The van der Waals surface area contributed by atoms with Gasteiger partial charge in [-0.2, -0.15) is 22.7 Å². The number of nitrogens with zero attached hydrogens (tertiary/aromatic N) is 4. The van der Waals surface area contributed by atoms with Gasteiger partial charge in [-0.05, 0) is 35.7 Å². The van der Waals surface area contributed by atoms with Crippen LogP contribution >= 0.6 is 24.8 Å². The van der Waals surface area contributed by atoms with Crippen molar-refractivity contribution >= 4 is 40.5 Å². The molecule has 0 amide bonds. The van der Waals surface area contributed by atoms with E-state index >= 15 is 0 Å². The molecule has 1 aliphatic rings. The number of nitrogens with one attached hydrogen (secondary N) is 1. The topological polar surface area (TPSA) is 93.1 Å². The van der Waals surface area contributed by atoms with Crippen LogP contribution in [0.5, 0.6) is 0 Å². The third-order valence-electron chi connectivity index (χ3n) is 5.65. The number of hydrogen-bond acceptors (Lipinski definition) is 5. The summed E-state index contributed by atoms with van der Waals surface area (Å²) in [6.45, 7) is 0.238. The van der Waals surface area contributed by atoms with E-state index in [2.05, 4.69) is 9.97 Å². The average molecular weight is 562 g/mol. The number of halogens is 5. The number of rotatable bonds is 6. The highest BCUT2D eigenvalue weighted by atomic mass is 35.5. The van der Waals surface area contributed by atoms with E-state index in [0.717, 1.165) is 15.6 Å². The molecule has 1 aromatic heterocycles. The van der Waals surface area contributed by atoms with Gasteiger partial charge >= 0.3 is 6.18 Å². The van der Waals surface area contributed by atoms with Gasteiger partial charge in [-0.3, -0.25) is 0 Å². The first-order valence-electron chi connectivity index (χ1n) is 10.5. The number of aromatic amines is 1. The molecule has 2 aromatic carbocycles. The molecule has 7 nitrogen and oxygen atoms in total. The number of alkyl halides is 3. The molecule has 2 heterocycles. The predicted octanol–water partition coefficient (Wildman–Crippen LogP) is 4.45. The zero-order valence-corrected chi connectivity index (χ0v) is 21.3. The van der Waals surface area contributed by atoms with Crippen LogP contribution in [0.4, 0.5) is 18.9 Å². The van der Waals surface area contributed by atoms with Crippen molar-refractivity contribution in [3.63, 3.8) is 0 Å². The number of nitriles is 1. The summed E-state index contributed by atoms with van der Waals surface area (Å²) in [5, 5.41) is 9.35. The molecule has 0 unspecified atom stereocenters. The Labute approximate surface area is 219 Å². The molecule has 4 rings (SSSR count). The van der Waals surface area contributed by atoms with Gasteiger partial charge in [-0.1, -0.05) is 30.3 Å². The Morgan fingerprint density at radius 3 is 2.47 bits per heavy atom. The van der Waals surface area contributed by atoms with E-state index in [1.54, 1.807) is 30.5 Å². The van der Waals surface area contributed by atoms with Gasteiger partial charge in [0.2, 0.25) is 10.0 Å². The fraction of sp³-hybridized carbons (Fsp3) is 0.304. The highest BCUT2D eigenvalue weighted by Crippen LogP contribution is 2.33. The fourth-order valence-electron chi connectivity index (χ4n) is 4.23. The minimum absolute atomic E-state index is 0. The van der Waals surface area contributed by atoms with E-state index in [1.807, 2.05) is 29.2 Å². The molecule has 0 saturated heterocycles. The Balaban J connectivity index is 0.00000228. The minimum Gasteiger partial charge on any atom is -0.364 e. The second-order valence-corrected chi connectivity index (χ2v) is 10.1. The maximum atomic E-state index is 13.2. The van der Waals surface area contributed by atoms with Gasteiger partial charge in [0.05, 0.1) is 30.2 Å². The van der Waals surface area contributed by atoms with Gasteiger partial charge in [0.1, 0.15) is 0 Å². The predicted molar refractivity (Wildman–Crippen MR) is 135 cm³/mol. The second kappa shape index (κ2) is 12.0. The van der Waals surface area contributed by atoms with E-state index in [-0.39, 0.29) is 44.3 Å². The van der Waals surface area contributed by atoms with Crippen LogP contribution < -0.4 is 4.90 Å². The van der Waals surface area contributed by atoms with Crippen LogP contribution in [0.2, 0.25) is 0 Å². The van der Waals surface area contributed by atoms with Gasteiger partial charge in [-0.25, -0.2) is 13.4 Å². The number of imidazole rings is 1. The van der Waals surface area contributed by atoms with Gasteiger partial charge < -0.3 is 9.88 Å². The molecule has 0 aliphatic carbocycles. The van der Waals surface area contributed by atoms with E-state index in [9.17, 15) is 26.9 Å². The summed E-state index contributed by atoms with van der Waals surface area (Å²) in [6.07, 6.45) is -1.49. The summed E-state index contributed by atoms with van der Waals surface area (Å²) in [7, 11) is -4.70. The van der Waals surface area contributed by atoms with Crippen LogP contribution in [0, 0.1) is 11.3 Å². The first-order valence-corrected chi connectivity index (χ1v) is 12.1. The van der Waals surface area contributed by atoms with Crippen LogP contribution in [0.15, 0.2) is 61.1 Å². The van der Waals surface area contributed by atoms with Crippen molar-refractivity contribution in [2.75, 3.05) is 17.2 Å². The summed E-state index contributed by atoms with van der Waals surface area (Å²) in [5.41, 5.74) is 3.01. The van der Waals surface area contributed by atoms with E-state index in [1.165, 1.54) is 12.4 Å². The molecule has 194 valence electrons. The number of H-pyrrole nitrogens is 1. The summed E-state index contributed by atoms with van der Waals surface area (Å²) < 4.78 is 66.7. The van der Waals surface area contributed by atoms with Crippen molar-refractivity contribution in [3.05, 3.63) is 83.4 Å². The molecule has 3 aromatic rings. The van der Waals surface area contributed by atoms with E-state index in [4.69, 9.17) is 0 Å². The minimum atomic E-state index is -4.88. The molecular formula is C23H24Cl2F3N5O2S. The van der Waals surface area contributed by atoms with Crippen molar-refractivity contribution in [2.45, 2.75) is 31.7 Å². The fourth-order valence-corrected chi connectivity index (χ4v) is 5.74. The second-order valence-electron chi connectivity index (χ2n) is 8.17. The maximum Gasteiger partial charge on any atom is 0.404 e. The molecular weight excluding hydrogens is 538 g/mol. The maximum absolute atomic E-state index is 13.2. The molecule has 36 heavy (non-hydrogen) atoms. The Kier molecular flexibility index (Phi) is 9.79. The Hall–Kier alpha value is -2.78. The third kappa shape index (κ3) is 7.13.